The summed E-state index contributed by atoms with van der Waals surface area (Å²) < 4.78 is 4.58. The van der Waals surface area contributed by atoms with E-state index < -0.39 is 0 Å². The lowest BCUT2D eigenvalue weighted by atomic mass is 10.1. The molecule has 0 spiro atoms. The highest BCUT2D eigenvalue weighted by atomic mass is 16.5. The summed E-state index contributed by atoms with van der Waals surface area (Å²) in [6.07, 6.45) is 1.85. The number of Topliss-reactive ketones (excluding diaryl/α,β-unsaturated/α-hetero) is 1. The largest absolute Gasteiger partial charge is 0.458 e. The summed E-state index contributed by atoms with van der Waals surface area (Å²) in [6, 6.07) is 0. The van der Waals surface area contributed by atoms with Crippen LogP contribution in [0.3, 0.4) is 0 Å². The standard InChI is InChI=1S/C7H8O3.C2H6/c1-5(8)4-6-2-3-10-7(6)9;1-2/h2H,3-4H2,1H3;1-2H3. The molecule has 0 aromatic heterocycles. The predicted octanol–water partition coefficient (Wildman–Crippen LogP) is 1.47. The van der Waals surface area contributed by atoms with Crippen LogP contribution in [0.1, 0.15) is 27.2 Å². The fourth-order valence-corrected chi connectivity index (χ4v) is 0.807. The third-order valence-electron chi connectivity index (χ3n) is 1.25. The SMILES string of the molecule is CC.CC(=O)CC1=CCOC1=O. The highest BCUT2D eigenvalue weighted by Crippen LogP contribution is 2.10. The summed E-state index contributed by atoms with van der Waals surface area (Å²) in [6.45, 7) is 5.77. The topological polar surface area (TPSA) is 43.4 Å². The molecule has 0 aromatic carbocycles. The minimum absolute atomic E-state index is 0.00917. The van der Waals surface area contributed by atoms with E-state index in [4.69, 9.17) is 0 Å². The number of cyclic esters (lactones) is 1. The molecule has 1 heterocycles. The smallest absolute Gasteiger partial charge is 0.334 e. The van der Waals surface area contributed by atoms with E-state index in [-0.39, 0.29) is 18.2 Å². The zero-order valence-corrected chi connectivity index (χ0v) is 7.72. The van der Waals surface area contributed by atoms with Crippen molar-refractivity contribution in [2.45, 2.75) is 27.2 Å². The first-order valence-corrected chi connectivity index (χ1v) is 4.06. The van der Waals surface area contributed by atoms with Crippen LogP contribution < -0.4 is 0 Å². The van der Waals surface area contributed by atoms with Crippen molar-refractivity contribution in [3.63, 3.8) is 0 Å². The van der Waals surface area contributed by atoms with Crippen LogP contribution in [0.15, 0.2) is 11.6 Å². The molecule has 12 heavy (non-hydrogen) atoms. The van der Waals surface area contributed by atoms with Gasteiger partial charge < -0.3 is 4.74 Å². The van der Waals surface area contributed by atoms with Gasteiger partial charge in [0.05, 0.1) is 0 Å². The zero-order valence-electron chi connectivity index (χ0n) is 7.72. The molecule has 0 radical (unpaired) electrons. The van der Waals surface area contributed by atoms with Gasteiger partial charge in [-0.1, -0.05) is 13.8 Å². The fourth-order valence-electron chi connectivity index (χ4n) is 0.807. The van der Waals surface area contributed by atoms with Gasteiger partial charge in [-0.05, 0) is 13.0 Å². The quantitative estimate of drug-likeness (QED) is 0.589. The maximum atomic E-state index is 10.7. The van der Waals surface area contributed by atoms with E-state index in [0.717, 1.165) is 0 Å². The van der Waals surface area contributed by atoms with E-state index >= 15 is 0 Å². The lowest BCUT2D eigenvalue weighted by molar-refractivity contribution is -0.136. The molecule has 1 aliphatic rings. The summed E-state index contributed by atoms with van der Waals surface area (Å²) in [5.74, 6) is -0.361. The number of carbonyl (C=O) groups is 2. The van der Waals surface area contributed by atoms with Gasteiger partial charge >= 0.3 is 5.97 Å². The minimum Gasteiger partial charge on any atom is -0.458 e. The first-order chi connectivity index (χ1) is 5.70. The molecule has 0 N–H and O–H groups in total. The number of hydrogen-bond acceptors (Lipinski definition) is 3. The second kappa shape index (κ2) is 5.52. The van der Waals surface area contributed by atoms with Gasteiger partial charge in [0, 0.05) is 12.0 Å². The number of carbonyl (C=O) groups excluding carboxylic acids is 2. The van der Waals surface area contributed by atoms with Crippen LogP contribution in [-0.4, -0.2) is 18.4 Å². The summed E-state index contributed by atoms with van der Waals surface area (Å²) >= 11 is 0. The summed E-state index contributed by atoms with van der Waals surface area (Å²) in [5, 5.41) is 0. The molecule has 0 bridgehead atoms. The van der Waals surface area contributed by atoms with E-state index in [1.807, 2.05) is 13.8 Å². The minimum atomic E-state index is -0.352. The number of esters is 1. The monoisotopic (exact) mass is 170 g/mol. The van der Waals surface area contributed by atoms with E-state index in [0.29, 0.717) is 12.2 Å². The highest BCUT2D eigenvalue weighted by Gasteiger charge is 2.17. The van der Waals surface area contributed by atoms with Crippen molar-refractivity contribution in [2.75, 3.05) is 6.61 Å². The van der Waals surface area contributed by atoms with Gasteiger partial charge in [-0.2, -0.15) is 0 Å². The van der Waals surface area contributed by atoms with Gasteiger partial charge in [0.15, 0.2) is 0 Å². The van der Waals surface area contributed by atoms with Crippen LogP contribution in [0, 0.1) is 0 Å². The van der Waals surface area contributed by atoms with E-state index in [9.17, 15) is 9.59 Å². The second-order valence-electron chi connectivity index (χ2n) is 2.21. The average Bonchev–Trinajstić information content (AvgIpc) is 2.40. The van der Waals surface area contributed by atoms with Crippen molar-refractivity contribution in [3.8, 4) is 0 Å². The van der Waals surface area contributed by atoms with E-state index in [1.54, 1.807) is 6.08 Å². The third-order valence-corrected chi connectivity index (χ3v) is 1.25. The van der Waals surface area contributed by atoms with Crippen molar-refractivity contribution >= 4 is 11.8 Å². The molecule has 0 fully saturated rings. The van der Waals surface area contributed by atoms with Crippen LogP contribution >= 0.6 is 0 Å². The Morgan fingerprint density at radius 3 is 2.50 bits per heavy atom. The number of ketones is 1. The summed E-state index contributed by atoms with van der Waals surface area (Å²) in [7, 11) is 0. The Labute approximate surface area is 72.4 Å². The molecule has 0 aliphatic carbocycles. The van der Waals surface area contributed by atoms with Gasteiger partial charge in [0.25, 0.3) is 0 Å². The van der Waals surface area contributed by atoms with E-state index in [1.165, 1.54) is 6.92 Å². The Bertz CT molecular complexity index is 204. The molecule has 0 unspecified atom stereocenters. The first kappa shape index (κ1) is 10.9. The number of rotatable bonds is 2. The molecule has 0 atom stereocenters. The Morgan fingerprint density at radius 1 is 1.58 bits per heavy atom. The van der Waals surface area contributed by atoms with E-state index in [2.05, 4.69) is 4.74 Å². The molecule has 3 heteroatoms. The van der Waals surface area contributed by atoms with Gasteiger partial charge in [-0.25, -0.2) is 4.79 Å². The second-order valence-corrected chi connectivity index (χ2v) is 2.21. The van der Waals surface area contributed by atoms with Gasteiger partial charge in [0.2, 0.25) is 0 Å². The molecule has 0 saturated carbocycles. The van der Waals surface area contributed by atoms with Crippen molar-refractivity contribution in [1.82, 2.24) is 0 Å². The van der Waals surface area contributed by atoms with Gasteiger partial charge in [-0.3, -0.25) is 4.79 Å². The lowest BCUT2D eigenvalue weighted by Gasteiger charge is -1.92. The Balaban J connectivity index is 0.000000561. The van der Waals surface area contributed by atoms with Gasteiger partial charge in [0.1, 0.15) is 12.4 Å². The predicted molar refractivity (Wildman–Crippen MR) is 45.7 cm³/mol. The lowest BCUT2D eigenvalue weighted by Crippen LogP contribution is -2.02. The average molecular weight is 170 g/mol. The maximum absolute atomic E-state index is 10.7. The molecule has 0 aromatic rings. The van der Waals surface area contributed by atoms with Crippen molar-refractivity contribution in [3.05, 3.63) is 11.6 Å². The zero-order chi connectivity index (χ0) is 9.56. The Morgan fingerprint density at radius 2 is 2.17 bits per heavy atom. The maximum Gasteiger partial charge on any atom is 0.334 e. The molecule has 3 nitrogen and oxygen atoms in total. The molecule has 1 aliphatic heterocycles. The molecule has 1 rings (SSSR count). The third kappa shape index (κ3) is 3.32. The van der Waals surface area contributed by atoms with Crippen LogP contribution in [0.25, 0.3) is 0 Å². The van der Waals surface area contributed by atoms with Crippen molar-refractivity contribution in [2.24, 2.45) is 0 Å². The summed E-state index contributed by atoms with van der Waals surface area (Å²) in [5.41, 5.74) is 0.493. The molecule has 0 amide bonds. The molecular weight excluding hydrogens is 156 g/mol. The fraction of sp³-hybridized carbons (Fsp3) is 0.556. The normalized spacial score (nSPS) is 14.2. The van der Waals surface area contributed by atoms with Crippen LogP contribution in [0.5, 0.6) is 0 Å². The van der Waals surface area contributed by atoms with Crippen LogP contribution in [0.4, 0.5) is 0 Å². The Kier molecular flexibility index (Phi) is 5.00. The van der Waals surface area contributed by atoms with Crippen LogP contribution in [0.2, 0.25) is 0 Å². The molecular formula is C9H14O3. The Hall–Kier alpha value is -1.12. The number of hydrogen-bond donors (Lipinski definition) is 0. The molecule has 0 saturated heterocycles. The number of ether oxygens (including phenoxy) is 1. The first-order valence-electron chi connectivity index (χ1n) is 4.06. The molecule has 68 valence electrons. The van der Waals surface area contributed by atoms with Gasteiger partial charge in [-0.15, -0.1) is 0 Å². The van der Waals surface area contributed by atoms with Crippen LogP contribution in [-0.2, 0) is 14.3 Å². The summed E-state index contributed by atoms with van der Waals surface area (Å²) in [4.78, 5) is 21.2. The van der Waals surface area contributed by atoms with Crippen molar-refractivity contribution in [1.29, 1.82) is 0 Å². The van der Waals surface area contributed by atoms with Crippen molar-refractivity contribution < 1.29 is 14.3 Å². The highest BCUT2D eigenvalue weighted by molar-refractivity contribution is 5.96.